The van der Waals surface area contributed by atoms with Crippen LogP contribution in [0.4, 0.5) is 5.69 Å². The second-order valence-electron chi connectivity index (χ2n) is 7.81. The first kappa shape index (κ1) is 27.9. The summed E-state index contributed by atoms with van der Waals surface area (Å²) in [6.45, 7) is 3.70. The van der Waals surface area contributed by atoms with Gasteiger partial charge in [0, 0.05) is 19.1 Å². The van der Waals surface area contributed by atoms with E-state index in [1.54, 1.807) is 26.0 Å². The Morgan fingerprint density at radius 3 is 2.24 bits per heavy atom. The Hall–Kier alpha value is -2.34. The van der Waals surface area contributed by atoms with Crippen molar-refractivity contribution in [3.05, 3.63) is 53.1 Å². The molecule has 0 saturated heterocycles. The summed E-state index contributed by atoms with van der Waals surface area (Å²) in [5, 5.41) is 3.07. The van der Waals surface area contributed by atoms with Crippen molar-refractivity contribution in [1.29, 1.82) is 0 Å². The number of nitrogens with zero attached hydrogens (tertiary/aromatic N) is 2. The molecule has 2 rings (SSSR count). The first-order chi connectivity index (χ1) is 15.8. The zero-order chi connectivity index (χ0) is 25.7. The zero-order valence-corrected chi connectivity index (χ0v) is 22.2. The number of carbonyl (C=O) groups is 1. The second kappa shape index (κ2) is 11.4. The number of carbonyl (C=O) groups excluding carboxylic acids is 1. The maximum Gasteiger partial charge on any atom is 0.244 e. The van der Waals surface area contributed by atoms with Crippen LogP contribution in [0.1, 0.15) is 18.9 Å². The lowest BCUT2D eigenvalue weighted by atomic mass is 10.1. The van der Waals surface area contributed by atoms with Crippen LogP contribution in [-0.4, -0.2) is 66.6 Å². The van der Waals surface area contributed by atoms with Gasteiger partial charge in [-0.05, 0) is 55.3 Å². The quantitative estimate of drug-likeness (QED) is 0.446. The first-order valence-corrected chi connectivity index (χ1v) is 14.1. The summed E-state index contributed by atoms with van der Waals surface area (Å²) in [6, 6.07) is 9.84. The van der Waals surface area contributed by atoms with E-state index in [-0.39, 0.29) is 24.5 Å². The van der Waals surface area contributed by atoms with Crippen molar-refractivity contribution in [2.24, 2.45) is 0 Å². The third-order valence-electron chi connectivity index (χ3n) is 5.01. The molecule has 2 aromatic carbocycles. The van der Waals surface area contributed by atoms with Crippen LogP contribution in [0.2, 0.25) is 5.02 Å². The van der Waals surface area contributed by atoms with Crippen LogP contribution in [0.5, 0.6) is 5.75 Å². The van der Waals surface area contributed by atoms with E-state index in [4.69, 9.17) is 16.3 Å². The van der Waals surface area contributed by atoms with Crippen LogP contribution in [0, 0.1) is 6.92 Å². The Balaban J connectivity index is 2.05. The van der Waals surface area contributed by atoms with Crippen molar-refractivity contribution in [2.75, 3.05) is 37.8 Å². The second-order valence-corrected chi connectivity index (χ2v) is 12.3. The minimum absolute atomic E-state index is 0.108. The molecule has 188 valence electrons. The molecule has 0 aliphatic heterocycles. The molecule has 2 aromatic rings. The largest absolute Gasteiger partial charge is 0.492 e. The molecule has 9 nitrogen and oxygen atoms in total. The van der Waals surface area contributed by atoms with Gasteiger partial charge in [0.15, 0.2) is 0 Å². The maximum absolute atomic E-state index is 12.9. The monoisotopic (exact) mass is 531 g/mol. The molecule has 0 fully saturated rings. The molecule has 0 bridgehead atoms. The fourth-order valence-electron chi connectivity index (χ4n) is 3.23. The Bertz CT molecular complexity index is 1220. The van der Waals surface area contributed by atoms with Gasteiger partial charge >= 0.3 is 0 Å². The number of hydrogen-bond acceptors (Lipinski definition) is 6. The molecular formula is C22H30ClN3O6S2. The molecule has 0 heterocycles. The van der Waals surface area contributed by atoms with E-state index in [1.807, 2.05) is 0 Å². The number of benzene rings is 2. The fourth-order valence-corrected chi connectivity index (χ4v) is 5.56. The van der Waals surface area contributed by atoms with Gasteiger partial charge in [0.2, 0.25) is 26.0 Å². The standard InChI is InChI=1S/C22H30ClN3O6S2/c1-6-20(26(33(5,28)29)21-15-17(23)8-7-16(21)2)22(27)24-13-14-32-18-9-11-19(12-10-18)34(30,31)25(3)4/h7-12,15,20H,6,13-14H2,1-5H3,(H,24,27)/t20-/m0/s1. The molecule has 12 heteroatoms. The van der Waals surface area contributed by atoms with Crippen molar-refractivity contribution >= 4 is 43.2 Å². The van der Waals surface area contributed by atoms with Gasteiger partial charge in [-0.25, -0.2) is 21.1 Å². The van der Waals surface area contributed by atoms with Crippen molar-refractivity contribution < 1.29 is 26.4 Å². The molecule has 0 unspecified atom stereocenters. The van der Waals surface area contributed by atoms with Gasteiger partial charge in [0.05, 0.1) is 23.4 Å². The van der Waals surface area contributed by atoms with Crippen LogP contribution in [0.3, 0.4) is 0 Å². The third kappa shape index (κ3) is 6.84. The number of halogens is 1. The number of aryl methyl sites for hydroxylation is 1. The summed E-state index contributed by atoms with van der Waals surface area (Å²) in [5.74, 6) is -0.0327. The molecule has 0 radical (unpaired) electrons. The van der Waals surface area contributed by atoms with E-state index < -0.39 is 32.0 Å². The molecule has 0 aromatic heterocycles. The van der Waals surface area contributed by atoms with Crippen LogP contribution in [0.25, 0.3) is 0 Å². The van der Waals surface area contributed by atoms with Crippen LogP contribution < -0.4 is 14.4 Å². The maximum atomic E-state index is 12.9. The molecular weight excluding hydrogens is 502 g/mol. The zero-order valence-electron chi connectivity index (χ0n) is 19.8. The SMILES string of the molecule is CC[C@@H](C(=O)NCCOc1ccc(S(=O)(=O)N(C)C)cc1)N(c1cc(Cl)ccc1C)S(C)(=O)=O. The molecule has 0 saturated carbocycles. The number of nitrogens with one attached hydrogen (secondary N) is 1. The number of anilines is 1. The summed E-state index contributed by atoms with van der Waals surface area (Å²) < 4.78 is 57.2. The van der Waals surface area contributed by atoms with Gasteiger partial charge in [-0.15, -0.1) is 0 Å². The molecule has 1 amide bonds. The highest BCUT2D eigenvalue weighted by Gasteiger charge is 2.32. The topological polar surface area (TPSA) is 113 Å². The van der Waals surface area contributed by atoms with E-state index in [1.165, 1.54) is 44.4 Å². The fraction of sp³-hybridized carbons (Fsp3) is 0.409. The Morgan fingerprint density at radius 1 is 1.09 bits per heavy atom. The number of ether oxygens (including phenoxy) is 1. The van der Waals surface area contributed by atoms with Gasteiger partial charge in [-0.2, -0.15) is 0 Å². The van der Waals surface area contributed by atoms with E-state index >= 15 is 0 Å². The molecule has 0 aliphatic carbocycles. The van der Waals surface area contributed by atoms with Crippen LogP contribution in [0.15, 0.2) is 47.4 Å². The lowest BCUT2D eigenvalue weighted by molar-refractivity contribution is -0.122. The highest BCUT2D eigenvalue weighted by Crippen LogP contribution is 2.29. The van der Waals surface area contributed by atoms with Crippen molar-refractivity contribution in [1.82, 2.24) is 9.62 Å². The third-order valence-corrected chi connectivity index (χ3v) is 8.24. The smallest absolute Gasteiger partial charge is 0.244 e. The average Bonchev–Trinajstić information content (AvgIpc) is 2.76. The number of hydrogen-bond donors (Lipinski definition) is 1. The molecule has 1 N–H and O–H groups in total. The predicted molar refractivity (Wildman–Crippen MR) is 133 cm³/mol. The van der Waals surface area contributed by atoms with E-state index in [0.717, 1.165) is 14.9 Å². The Morgan fingerprint density at radius 2 is 1.71 bits per heavy atom. The summed E-state index contributed by atoms with van der Waals surface area (Å²) in [5.41, 5.74) is 1.02. The lowest BCUT2D eigenvalue weighted by Gasteiger charge is -2.31. The van der Waals surface area contributed by atoms with Gasteiger partial charge in [-0.3, -0.25) is 9.10 Å². The number of rotatable bonds is 11. The highest BCUT2D eigenvalue weighted by molar-refractivity contribution is 7.92. The van der Waals surface area contributed by atoms with Gasteiger partial charge in [0.25, 0.3) is 0 Å². The first-order valence-electron chi connectivity index (χ1n) is 10.5. The summed E-state index contributed by atoms with van der Waals surface area (Å²) in [7, 11) is -4.41. The van der Waals surface area contributed by atoms with Crippen molar-refractivity contribution in [3.8, 4) is 5.75 Å². The van der Waals surface area contributed by atoms with E-state index in [2.05, 4.69) is 5.32 Å². The van der Waals surface area contributed by atoms with E-state index in [0.29, 0.717) is 22.0 Å². The Labute approximate surface area is 206 Å². The van der Waals surface area contributed by atoms with Gasteiger partial charge in [0.1, 0.15) is 18.4 Å². The summed E-state index contributed by atoms with van der Waals surface area (Å²) in [4.78, 5) is 13.0. The predicted octanol–water partition coefficient (Wildman–Crippen LogP) is 2.64. The normalized spacial score (nSPS) is 12.9. The summed E-state index contributed by atoms with van der Waals surface area (Å²) in [6.07, 6.45) is 1.29. The van der Waals surface area contributed by atoms with E-state index in [9.17, 15) is 21.6 Å². The molecule has 0 aliphatic rings. The van der Waals surface area contributed by atoms with Crippen molar-refractivity contribution in [2.45, 2.75) is 31.2 Å². The van der Waals surface area contributed by atoms with Gasteiger partial charge < -0.3 is 10.1 Å². The summed E-state index contributed by atoms with van der Waals surface area (Å²) >= 11 is 6.07. The number of sulfonamides is 2. The van der Waals surface area contributed by atoms with Crippen LogP contribution in [-0.2, 0) is 24.8 Å². The molecule has 1 atom stereocenters. The highest BCUT2D eigenvalue weighted by atomic mass is 35.5. The minimum atomic E-state index is -3.78. The Kier molecular flexibility index (Phi) is 9.35. The minimum Gasteiger partial charge on any atom is -0.492 e. The molecule has 0 spiro atoms. The molecule has 34 heavy (non-hydrogen) atoms. The van der Waals surface area contributed by atoms with Gasteiger partial charge in [-0.1, -0.05) is 24.6 Å². The van der Waals surface area contributed by atoms with Crippen LogP contribution >= 0.6 is 11.6 Å². The average molecular weight is 532 g/mol. The number of amides is 1. The lowest BCUT2D eigenvalue weighted by Crippen LogP contribution is -2.50. The van der Waals surface area contributed by atoms with Crippen molar-refractivity contribution in [3.63, 3.8) is 0 Å².